The summed E-state index contributed by atoms with van der Waals surface area (Å²) < 4.78 is 39.3. The molecule has 2 fully saturated rings. The molecule has 0 bridgehead atoms. The van der Waals surface area contributed by atoms with Crippen LogP contribution in [0.4, 0.5) is 10.5 Å². The van der Waals surface area contributed by atoms with Gasteiger partial charge in [-0.3, -0.25) is 14.9 Å². The zero-order valence-corrected chi connectivity index (χ0v) is 20.2. The van der Waals surface area contributed by atoms with Gasteiger partial charge in [0.1, 0.15) is 5.60 Å². The Kier molecular flexibility index (Phi) is 7.78. The van der Waals surface area contributed by atoms with E-state index < -0.39 is 49.2 Å². The smallest absolute Gasteiger partial charge is 0.410 e. The molecule has 188 valence electrons. The molecule has 2 atom stereocenters. The van der Waals surface area contributed by atoms with E-state index >= 15 is 0 Å². The summed E-state index contributed by atoms with van der Waals surface area (Å²) in [5.41, 5.74) is -1.34. The molecule has 2 aliphatic rings. The summed E-state index contributed by atoms with van der Waals surface area (Å²) >= 11 is 0. The van der Waals surface area contributed by atoms with Crippen LogP contribution >= 0.6 is 0 Å². The van der Waals surface area contributed by atoms with Crippen LogP contribution in [0.5, 0.6) is 0 Å². The molecule has 0 aromatic heterocycles. The van der Waals surface area contributed by atoms with Crippen molar-refractivity contribution in [3.8, 4) is 0 Å². The zero-order chi connectivity index (χ0) is 25.1. The van der Waals surface area contributed by atoms with E-state index in [2.05, 4.69) is 4.72 Å². The van der Waals surface area contributed by atoms with Crippen molar-refractivity contribution in [2.24, 2.45) is 5.92 Å². The Hall–Kier alpha value is -2.77. The van der Waals surface area contributed by atoms with E-state index in [-0.39, 0.29) is 25.4 Å². The number of para-hydroxylation sites is 1. The Labute approximate surface area is 198 Å². The van der Waals surface area contributed by atoms with Gasteiger partial charge in [0.05, 0.1) is 24.1 Å². The lowest BCUT2D eigenvalue weighted by Crippen LogP contribution is -2.57. The number of carbonyl (C=O) groups is 2. The number of morpholine rings is 1. The van der Waals surface area contributed by atoms with Crippen LogP contribution in [0.15, 0.2) is 29.2 Å². The minimum Gasteiger partial charge on any atom is -0.444 e. The van der Waals surface area contributed by atoms with Crippen LogP contribution < -0.4 is 4.72 Å². The normalized spacial score (nSPS) is 21.7. The monoisotopic (exact) mass is 498 g/mol. The van der Waals surface area contributed by atoms with Gasteiger partial charge < -0.3 is 19.3 Å². The van der Waals surface area contributed by atoms with Crippen LogP contribution in [0.3, 0.4) is 0 Å². The van der Waals surface area contributed by atoms with Crippen LogP contribution in [-0.4, -0.2) is 86.2 Å². The van der Waals surface area contributed by atoms with Crippen molar-refractivity contribution in [1.82, 2.24) is 14.5 Å². The number of amides is 2. The highest BCUT2D eigenvalue weighted by atomic mass is 32.2. The fourth-order valence-corrected chi connectivity index (χ4v) is 5.41. The summed E-state index contributed by atoms with van der Waals surface area (Å²) in [6.45, 7) is 6.79. The number of carbonyl (C=O) groups excluding carboxylic acids is 2. The topological polar surface area (TPSA) is 148 Å². The molecule has 2 aliphatic heterocycles. The molecule has 12 nitrogen and oxygen atoms in total. The minimum atomic E-state index is -4.31. The zero-order valence-electron chi connectivity index (χ0n) is 19.4. The Morgan fingerprint density at radius 3 is 2.41 bits per heavy atom. The van der Waals surface area contributed by atoms with Crippen molar-refractivity contribution in [3.05, 3.63) is 34.4 Å². The van der Waals surface area contributed by atoms with Crippen molar-refractivity contribution in [1.29, 1.82) is 0 Å². The van der Waals surface area contributed by atoms with E-state index in [0.29, 0.717) is 26.3 Å². The summed E-state index contributed by atoms with van der Waals surface area (Å²) in [5, 5.41) is 11.3. The number of nitro groups is 1. The van der Waals surface area contributed by atoms with Crippen LogP contribution in [0.2, 0.25) is 0 Å². The predicted molar refractivity (Wildman–Crippen MR) is 121 cm³/mol. The van der Waals surface area contributed by atoms with Crippen molar-refractivity contribution >= 4 is 27.7 Å². The molecule has 34 heavy (non-hydrogen) atoms. The van der Waals surface area contributed by atoms with E-state index in [4.69, 9.17) is 9.47 Å². The van der Waals surface area contributed by atoms with Crippen LogP contribution in [-0.2, 0) is 24.3 Å². The standard InChI is InChI=1S/C21H30N4O8S/c1-21(2,3)33-20(27)24-13-15(19(26)23-8-10-32-11-9-23)12-16(14-24)22-34(30,31)18-7-5-4-6-17(18)25(28)29/h4-7,15-16,22H,8-14H2,1-3H3/t15-,16+/m1/s1. The first-order chi connectivity index (χ1) is 15.9. The highest BCUT2D eigenvalue weighted by Gasteiger charge is 2.40. The number of nitrogens with zero attached hydrogens (tertiary/aromatic N) is 3. The fraction of sp³-hybridized carbons (Fsp3) is 0.619. The third kappa shape index (κ3) is 6.42. The predicted octanol–water partition coefficient (Wildman–Crippen LogP) is 1.36. The van der Waals surface area contributed by atoms with E-state index in [1.165, 1.54) is 17.0 Å². The van der Waals surface area contributed by atoms with Crippen molar-refractivity contribution < 1.29 is 32.4 Å². The summed E-state index contributed by atoms with van der Waals surface area (Å²) in [7, 11) is -4.31. The number of nitrogens with one attached hydrogen (secondary N) is 1. The second-order valence-electron chi connectivity index (χ2n) is 9.30. The number of rotatable bonds is 5. The second kappa shape index (κ2) is 10.2. The molecule has 0 aliphatic carbocycles. The molecule has 2 saturated heterocycles. The number of ether oxygens (including phenoxy) is 2. The summed E-state index contributed by atoms with van der Waals surface area (Å²) in [6, 6.07) is 4.17. The molecule has 1 aromatic carbocycles. The lowest BCUT2D eigenvalue weighted by molar-refractivity contribution is -0.387. The third-order valence-electron chi connectivity index (χ3n) is 5.45. The highest BCUT2D eigenvalue weighted by Crippen LogP contribution is 2.26. The molecular weight excluding hydrogens is 468 g/mol. The first kappa shape index (κ1) is 25.8. The van der Waals surface area contributed by atoms with Crippen LogP contribution in [0, 0.1) is 16.0 Å². The SMILES string of the molecule is CC(C)(C)OC(=O)N1C[C@@H](NS(=O)(=O)c2ccccc2[N+](=O)[O-])C[C@@H](C(=O)N2CCOCC2)C1. The van der Waals surface area contributed by atoms with Crippen molar-refractivity contribution in [2.75, 3.05) is 39.4 Å². The van der Waals surface area contributed by atoms with E-state index in [1.54, 1.807) is 25.7 Å². The van der Waals surface area contributed by atoms with Gasteiger partial charge in [0.15, 0.2) is 4.90 Å². The second-order valence-corrected chi connectivity index (χ2v) is 11.0. The number of likely N-dealkylation sites (tertiary alicyclic amines) is 1. The molecule has 0 radical (unpaired) electrons. The number of nitro benzene ring substituents is 1. The maximum atomic E-state index is 13.2. The number of piperidine rings is 1. The molecule has 0 unspecified atom stereocenters. The number of benzene rings is 1. The molecule has 1 aromatic rings. The van der Waals surface area contributed by atoms with Gasteiger partial charge in [-0.2, -0.15) is 0 Å². The average Bonchev–Trinajstić information content (AvgIpc) is 2.77. The Morgan fingerprint density at radius 1 is 1.15 bits per heavy atom. The Morgan fingerprint density at radius 2 is 1.79 bits per heavy atom. The quantitative estimate of drug-likeness (QED) is 0.472. The van der Waals surface area contributed by atoms with Gasteiger partial charge in [-0.15, -0.1) is 0 Å². The van der Waals surface area contributed by atoms with Gasteiger partial charge in [-0.25, -0.2) is 17.9 Å². The largest absolute Gasteiger partial charge is 0.444 e. The van der Waals surface area contributed by atoms with Crippen molar-refractivity contribution in [3.63, 3.8) is 0 Å². The first-order valence-corrected chi connectivity index (χ1v) is 12.5. The van der Waals surface area contributed by atoms with E-state index in [0.717, 1.165) is 12.1 Å². The lowest BCUT2D eigenvalue weighted by atomic mass is 9.93. The fourth-order valence-electron chi connectivity index (χ4n) is 4.00. The van der Waals surface area contributed by atoms with Gasteiger partial charge in [0.25, 0.3) is 5.69 Å². The molecule has 0 spiro atoms. The number of sulfonamides is 1. The Balaban J connectivity index is 1.85. The highest BCUT2D eigenvalue weighted by molar-refractivity contribution is 7.89. The lowest BCUT2D eigenvalue weighted by Gasteiger charge is -2.40. The molecule has 13 heteroatoms. The van der Waals surface area contributed by atoms with Gasteiger partial charge in [0, 0.05) is 38.3 Å². The van der Waals surface area contributed by atoms with Gasteiger partial charge in [-0.05, 0) is 33.3 Å². The third-order valence-corrected chi connectivity index (χ3v) is 7.02. The molecule has 1 N–H and O–H groups in total. The van der Waals surface area contributed by atoms with Crippen LogP contribution in [0.25, 0.3) is 0 Å². The molecule has 0 saturated carbocycles. The minimum absolute atomic E-state index is 0.0400. The van der Waals surface area contributed by atoms with Crippen LogP contribution in [0.1, 0.15) is 27.2 Å². The molecule has 3 rings (SSSR count). The first-order valence-electron chi connectivity index (χ1n) is 11.0. The number of hydrogen-bond acceptors (Lipinski definition) is 8. The van der Waals surface area contributed by atoms with Gasteiger partial charge in [-0.1, -0.05) is 12.1 Å². The van der Waals surface area contributed by atoms with E-state index in [9.17, 15) is 28.1 Å². The molecule has 2 heterocycles. The summed E-state index contributed by atoms with van der Waals surface area (Å²) in [6.07, 6.45) is -0.531. The summed E-state index contributed by atoms with van der Waals surface area (Å²) in [5.74, 6) is -0.871. The Bertz CT molecular complexity index is 1030. The van der Waals surface area contributed by atoms with E-state index in [1.807, 2.05) is 0 Å². The molecular formula is C21H30N4O8S. The summed E-state index contributed by atoms with van der Waals surface area (Å²) in [4.78, 5) is 39.0. The maximum absolute atomic E-state index is 13.2. The van der Waals surface area contributed by atoms with Crippen molar-refractivity contribution in [2.45, 2.75) is 43.7 Å². The average molecular weight is 499 g/mol. The maximum Gasteiger partial charge on any atom is 0.410 e. The number of hydrogen-bond donors (Lipinski definition) is 1. The van der Waals surface area contributed by atoms with Gasteiger partial charge in [0.2, 0.25) is 15.9 Å². The molecule has 2 amide bonds. The van der Waals surface area contributed by atoms with Gasteiger partial charge >= 0.3 is 6.09 Å².